The highest BCUT2D eigenvalue weighted by atomic mass is 35.5. The predicted octanol–water partition coefficient (Wildman–Crippen LogP) is 6.71. The van der Waals surface area contributed by atoms with Crippen LogP contribution in [0.3, 0.4) is 0 Å². The zero-order valence-corrected chi connectivity index (χ0v) is 27.9. The van der Waals surface area contributed by atoms with Crippen molar-refractivity contribution >= 4 is 39.1 Å². The molecular formula is C36H40ClN3O4S. The highest BCUT2D eigenvalue weighted by Crippen LogP contribution is 2.27. The van der Waals surface area contributed by atoms with Gasteiger partial charge >= 0.3 is 0 Å². The number of hydrogen-bond acceptors (Lipinski definition) is 4. The Bertz CT molecular complexity index is 1740. The first kappa shape index (κ1) is 33.7. The molecule has 0 bridgehead atoms. The second kappa shape index (κ2) is 14.3. The van der Waals surface area contributed by atoms with E-state index in [0.717, 1.165) is 21.0 Å². The van der Waals surface area contributed by atoms with Gasteiger partial charge in [0.05, 0.1) is 10.6 Å². The second-order valence-electron chi connectivity index (χ2n) is 12.2. The number of benzene rings is 4. The summed E-state index contributed by atoms with van der Waals surface area (Å²) in [5.74, 6) is -0.895. The van der Waals surface area contributed by atoms with Crippen molar-refractivity contribution in [3.8, 4) is 0 Å². The van der Waals surface area contributed by atoms with Crippen LogP contribution in [-0.2, 0) is 32.6 Å². The van der Waals surface area contributed by atoms with E-state index in [9.17, 15) is 18.0 Å². The quantitative estimate of drug-likeness (QED) is 0.197. The smallest absolute Gasteiger partial charge is 0.264 e. The van der Waals surface area contributed by atoms with Gasteiger partial charge in [0.1, 0.15) is 12.6 Å². The number of sulfonamides is 1. The van der Waals surface area contributed by atoms with Crippen LogP contribution in [0.2, 0.25) is 5.02 Å². The molecule has 0 aliphatic carbocycles. The average Bonchev–Trinajstić information content (AvgIpc) is 3.00. The van der Waals surface area contributed by atoms with Crippen LogP contribution < -0.4 is 9.62 Å². The molecular weight excluding hydrogens is 606 g/mol. The number of rotatable bonds is 11. The number of aryl methyl sites for hydroxylation is 2. The van der Waals surface area contributed by atoms with Gasteiger partial charge in [-0.1, -0.05) is 84.4 Å². The fraction of sp³-hybridized carbons (Fsp3) is 0.278. The van der Waals surface area contributed by atoms with E-state index in [1.165, 1.54) is 17.0 Å². The summed E-state index contributed by atoms with van der Waals surface area (Å²) in [6, 6.07) is 28.9. The summed E-state index contributed by atoms with van der Waals surface area (Å²) in [5.41, 5.74) is 3.14. The Balaban J connectivity index is 1.84. The number of carbonyl (C=O) groups excluding carboxylic acids is 2. The molecule has 0 heterocycles. The summed E-state index contributed by atoms with van der Waals surface area (Å²) in [7, 11) is -4.17. The molecule has 0 unspecified atom stereocenters. The molecule has 1 N–H and O–H groups in total. The first-order valence-electron chi connectivity index (χ1n) is 14.8. The van der Waals surface area contributed by atoms with E-state index in [1.54, 1.807) is 48.5 Å². The Morgan fingerprint density at radius 2 is 1.42 bits per heavy atom. The number of amides is 2. The van der Waals surface area contributed by atoms with Gasteiger partial charge in [0.2, 0.25) is 11.8 Å². The molecule has 4 rings (SSSR count). The topological polar surface area (TPSA) is 86.8 Å². The largest absolute Gasteiger partial charge is 0.350 e. The van der Waals surface area contributed by atoms with E-state index in [0.29, 0.717) is 16.3 Å². The third-order valence-corrected chi connectivity index (χ3v) is 9.61. The maximum Gasteiger partial charge on any atom is 0.264 e. The minimum Gasteiger partial charge on any atom is -0.350 e. The maximum absolute atomic E-state index is 14.6. The van der Waals surface area contributed by atoms with Crippen molar-refractivity contribution < 1.29 is 18.0 Å². The van der Waals surface area contributed by atoms with E-state index >= 15 is 0 Å². The lowest BCUT2D eigenvalue weighted by atomic mass is 10.0. The van der Waals surface area contributed by atoms with Crippen molar-refractivity contribution in [3.05, 3.63) is 130 Å². The Morgan fingerprint density at radius 3 is 2.02 bits per heavy atom. The Morgan fingerprint density at radius 1 is 0.822 bits per heavy atom. The number of nitrogens with zero attached hydrogens (tertiary/aromatic N) is 2. The lowest BCUT2D eigenvalue weighted by Gasteiger charge is -2.35. The molecule has 0 fully saturated rings. The van der Waals surface area contributed by atoms with Crippen LogP contribution >= 0.6 is 11.6 Å². The zero-order chi connectivity index (χ0) is 32.8. The number of carbonyl (C=O) groups is 2. The third-order valence-electron chi connectivity index (χ3n) is 7.46. The summed E-state index contributed by atoms with van der Waals surface area (Å²) >= 11 is 6.57. The third kappa shape index (κ3) is 8.74. The molecule has 1 atom stereocenters. The van der Waals surface area contributed by atoms with Gasteiger partial charge in [0.25, 0.3) is 10.0 Å². The molecule has 0 spiro atoms. The van der Waals surface area contributed by atoms with E-state index < -0.39 is 34.1 Å². The Kier molecular flexibility index (Phi) is 10.7. The lowest BCUT2D eigenvalue weighted by molar-refractivity contribution is -0.140. The summed E-state index contributed by atoms with van der Waals surface area (Å²) < 4.78 is 29.4. The van der Waals surface area contributed by atoms with E-state index in [1.807, 2.05) is 77.1 Å². The lowest BCUT2D eigenvalue weighted by Crippen LogP contribution is -2.56. The molecule has 0 saturated carbocycles. The molecule has 0 radical (unpaired) electrons. The zero-order valence-electron chi connectivity index (χ0n) is 26.3. The van der Waals surface area contributed by atoms with Crippen molar-refractivity contribution in [1.82, 2.24) is 10.2 Å². The maximum atomic E-state index is 14.6. The molecule has 4 aromatic rings. The summed E-state index contributed by atoms with van der Waals surface area (Å²) in [6.07, 6.45) is 0.216. The van der Waals surface area contributed by atoms with Gasteiger partial charge in [-0.25, -0.2) is 8.42 Å². The van der Waals surface area contributed by atoms with E-state index in [4.69, 9.17) is 11.6 Å². The van der Waals surface area contributed by atoms with Crippen LogP contribution in [0.5, 0.6) is 0 Å². The van der Waals surface area contributed by atoms with Gasteiger partial charge in [0, 0.05) is 23.5 Å². The Labute approximate surface area is 271 Å². The Hall–Kier alpha value is -4.14. The molecule has 0 saturated heterocycles. The van der Waals surface area contributed by atoms with Gasteiger partial charge in [-0.05, 0) is 87.2 Å². The first-order chi connectivity index (χ1) is 21.3. The molecule has 4 aromatic carbocycles. The monoisotopic (exact) mass is 645 g/mol. The van der Waals surface area contributed by atoms with Gasteiger partial charge in [-0.15, -0.1) is 0 Å². The van der Waals surface area contributed by atoms with Crippen molar-refractivity contribution in [3.63, 3.8) is 0 Å². The van der Waals surface area contributed by atoms with Gasteiger partial charge in [-0.3, -0.25) is 13.9 Å². The number of nitrogens with one attached hydrogen (secondary N) is 1. The van der Waals surface area contributed by atoms with E-state index in [2.05, 4.69) is 5.32 Å². The summed E-state index contributed by atoms with van der Waals surface area (Å²) in [4.78, 5) is 30.0. The standard InChI is InChI=1S/C36H40ClN3O4S/c1-26-20-21-30(22-27(26)2)40(45(43,44)31-17-10-7-11-18-31)25-34(41)39(24-29-16-12-13-19-32(29)37)33(35(42)38-36(3,4)5)23-28-14-8-6-9-15-28/h6-22,33H,23-25H2,1-5H3,(H,38,42)/t33-/m1/s1. The number of halogens is 1. The molecule has 0 aromatic heterocycles. The molecule has 0 aliphatic heterocycles. The van der Waals surface area contributed by atoms with Crippen molar-refractivity contribution in [1.29, 1.82) is 0 Å². The van der Waals surface area contributed by atoms with Gasteiger partial charge in [0.15, 0.2) is 0 Å². The fourth-order valence-corrected chi connectivity index (χ4v) is 6.57. The van der Waals surface area contributed by atoms with Crippen LogP contribution in [0.25, 0.3) is 0 Å². The second-order valence-corrected chi connectivity index (χ2v) is 14.4. The van der Waals surface area contributed by atoms with Crippen LogP contribution in [0.4, 0.5) is 5.69 Å². The molecule has 7 nitrogen and oxygen atoms in total. The predicted molar refractivity (Wildman–Crippen MR) is 181 cm³/mol. The van der Waals surface area contributed by atoms with Crippen LogP contribution in [0.1, 0.15) is 43.0 Å². The highest BCUT2D eigenvalue weighted by Gasteiger charge is 2.36. The SMILES string of the molecule is Cc1ccc(N(CC(=O)N(Cc2ccccc2Cl)[C@H](Cc2ccccc2)C(=O)NC(C)(C)C)S(=O)(=O)c2ccccc2)cc1C. The van der Waals surface area contributed by atoms with Crippen molar-refractivity contribution in [2.75, 3.05) is 10.8 Å². The van der Waals surface area contributed by atoms with Gasteiger partial charge < -0.3 is 10.2 Å². The summed E-state index contributed by atoms with van der Waals surface area (Å²) in [6.45, 7) is 8.92. The van der Waals surface area contributed by atoms with Gasteiger partial charge in [-0.2, -0.15) is 0 Å². The fourth-order valence-electron chi connectivity index (χ4n) is 4.95. The van der Waals surface area contributed by atoms with Crippen molar-refractivity contribution in [2.45, 2.75) is 64.1 Å². The van der Waals surface area contributed by atoms with Crippen molar-refractivity contribution in [2.24, 2.45) is 0 Å². The highest BCUT2D eigenvalue weighted by molar-refractivity contribution is 7.92. The summed E-state index contributed by atoms with van der Waals surface area (Å²) in [5, 5.41) is 3.47. The van der Waals surface area contributed by atoms with Crippen LogP contribution in [-0.4, -0.2) is 43.3 Å². The van der Waals surface area contributed by atoms with Crippen LogP contribution in [0, 0.1) is 13.8 Å². The minimum atomic E-state index is -4.17. The molecule has 9 heteroatoms. The molecule has 2 amide bonds. The molecule has 45 heavy (non-hydrogen) atoms. The normalized spacial score (nSPS) is 12.3. The number of anilines is 1. The average molecular weight is 646 g/mol. The molecule has 0 aliphatic rings. The first-order valence-corrected chi connectivity index (χ1v) is 16.6. The minimum absolute atomic E-state index is 0.000278. The van der Waals surface area contributed by atoms with Crippen LogP contribution in [0.15, 0.2) is 108 Å². The molecule has 236 valence electrons. The number of hydrogen-bond donors (Lipinski definition) is 1. The van der Waals surface area contributed by atoms with E-state index in [-0.39, 0.29) is 23.8 Å².